The summed E-state index contributed by atoms with van der Waals surface area (Å²) < 4.78 is 5.45. The second-order valence-electron chi connectivity index (χ2n) is 3.59. The first-order valence-electron chi connectivity index (χ1n) is 5.23. The number of pyridine rings is 1. The minimum atomic E-state index is -0.501. The Bertz CT molecular complexity index is 558. The van der Waals surface area contributed by atoms with E-state index in [1.54, 1.807) is 6.20 Å². The van der Waals surface area contributed by atoms with Gasteiger partial charge in [-0.2, -0.15) is 0 Å². The van der Waals surface area contributed by atoms with E-state index in [1.165, 1.54) is 18.2 Å². The maximum absolute atomic E-state index is 10.5. The molecular formula is C12H11N3O3. The second-order valence-corrected chi connectivity index (χ2v) is 3.59. The van der Waals surface area contributed by atoms with Crippen molar-refractivity contribution in [3.05, 3.63) is 58.4 Å². The monoisotopic (exact) mass is 245 g/mol. The summed E-state index contributed by atoms with van der Waals surface area (Å²) in [5.74, 6) is 0.409. The number of nitrogens with zero attached hydrogens (tertiary/aromatic N) is 2. The van der Waals surface area contributed by atoms with E-state index >= 15 is 0 Å². The first-order chi connectivity index (χ1) is 8.66. The molecule has 2 aromatic rings. The number of hydrogen-bond donors (Lipinski definition) is 1. The number of hydrogen-bond acceptors (Lipinski definition) is 5. The molecule has 0 bridgehead atoms. The van der Waals surface area contributed by atoms with Gasteiger partial charge in [0.1, 0.15) is 12.4 Å². The van der Waals surface area contributed by atoms with Crippen LogP contribution in [0.2, 0.25) is 0 Å². The highest BCUT2D eigenvalue weighted by atomic mass is 16.6. The number of aromatic nitrogens is 1. The zero-order valence-corrected chi connectivity index (χ0v) is 9.45. The molecule has 0 spiro atoms. The summed E-state index contributed by atoms with van der Waals surface area (Å²) in [7, 11) is 0. The molecule has 0 aliphatic rings. The fourth-order valence-electron chi connectivity index (χ4n) is 1.42. The molecule has 0 aliphatic heterocycles. The van der Waals surface area contributed by atoms with Gasteiger partial charge in [-0.1, -0.05) is 6.07 Å². The molecule has 18 heavy (non-hydrogen) atoms. The van der Waals surface area contributed by atoms with Crippen molar-refractivity contribution in [2.24, 2.45) is 0 Å². The molecule has 92 valence electrons. The number of non-ortho nitro benzene ring substituents is 1. The van der Waals surface area contributed by atoms with E-state index in [9.17, 15) is 10.1 Å². The van der Waals surface area contributed by atoms with Crippen LogP contribution < -0.4 is 10.5 Å². The molecule has 0 aliphatic carbocycles. The Labute approximate surface area is 103 Å². The number of nitrogen functional groups attached to an aromatic ring is 1. The van der Waals surface area contributed by atoms with Crippen LogP contribution in [0.25, 0.3) is 0 Å². The Hall–Kier alpha value is -2.63. The molecule has 6 heteroatoms. The van der Waals surface area contributed by atoms with E-state index in [1.807, 2.05) is 18.2 Å². The van der Waals surface area contributed by atoms with Crippen molar-refractivity contribution in [3.8, 4) is 5.75 Å². The van der Waals surface area contributed by atoms with Crippen LogP contribution in [0.4, 0.5) is 11.4 Å². The lowest BCUT2D eigenvalue weighted by Crippen LogP contribution is -2.01. The summed E-state index contributed by atoms with van der Waals surface area (Å²) in [5, 5.41) is 10.5. The van der Waals surface area contributed by atoms with Gasteiger partial charge in [-0.05, 0) is 18.2 Å². The smallest absolute Gasteiger partial charge is 0.271 e. The van der Waals surface area contributed by atoms with E-state index in [-0.39, 0.29) is 18.0 Å². The third kappa shape index (κ3) is 2.73. The van der Waals surface area contributed by atoms with Crippen molar-refractivity contribution >= 4 is 11.4 Å². The molecule has 0 saturated carbocycles. The summed E-state index contributed by atoms with van der Waals surface area (Å²) in [4.78, 5) is 14.1. The summed E-state index contributed by atoms with van der Waals surface area (Å²) >= 11 is 0. The first kappa shape index (κ1) is 11.8. The number of ether oxygens (including phenoxy) is 1. The third-order valence-electron chi connectivity index (χ3n) is 2.31. The highest BCUT2D eigenvalue weighted by Gasteiger charge is 2.09. The summed E-state index contributed by atoms with van der Waals surface area (Å²) in [6.45, 7) is 0.267. The normalized spacial score (nSPS) is 10.0. The van der Waals surface area contributed by atoms with E-state index in [4.69, 9.17) is 10.5 Å². The summed E-state index contributed by atoms with van der Waals surface area (Å²) in [6.07, 6.45) is 1.66. The molecule has 6 nitrogen and oxygen atoms in total. The van der Waals surface area contributed by atoms with Crippen LogP contribution >= 0.6 is 0 Å². The first-order valence-corrected chi connectivity index (χ1v) is 5.23. The van der Waals surface area contributed by atoms with Crippen LogP contribution in [0.5, 0.6) is 5.75 Å². The predicted molar refractivity (Wildman–Crippen MR) is 66.1 cm³/mol. The molecule has 2 rings (SSSR count). The number of anilines is 1. The SMILES string of the molecule is Nc1cc([N+](=O)[O-])ccc1OCc1ccccn1. The molecular weight excluding hydrogens is 234 g/mol. The number of nitro benzene ring substituents is 1. The predicted octanol–water partition coefficient (Wildman–Crippen LogP) is 2.15. The van der Waals surface area contributed by atoms with Gasteiger partial charge in [-0.25, -0.2) is 0 Å². The molecule has 0 amide bonds. The second kappa shape index (κ2) is 5.13. The molecule has 1 aromatic carbocycles. The summed E-state index contributed by atoms with van der Waals surface area (Å²) in [5.41, 5.74) is 6.61. The molecule has 0 unspecified atom stereocenters. The Morgan fingerprint density at radius 1 is 1.33 bits per heavy atom. The van der Waals surface area contributed by atoms with Crippen molar-refractivity contribution < 1.29 is 9.66 Å². The Morgan fingerprint density at radius 2 is 2.17 bits per heavy atom. The van der Waals surface area contributed by atoms with Gasteiger partial charge in [0.25, 0.3) is 5.69 Å². The number of nitrogens with two attached hydrogens (primary N) is 1. The molecule has 0 atom stereocenters. The molecule has 0 fully saturated rings. The van der Waals surface area contributed by atoms with Gasteiger partial charge in [0.2, 0.25) is 0 Å². The van der Waals surface area contributed by atoms with Crippen LogP contribution in [0, 0.1) is 10.1 Å². The van der Waals surface area contributed by atoms with Crippen molar-refractivity contribution in [1.29, 1.82) is 0 Å². The van der Waals surface area contributed by atoms with Crippen LogP contribution in [0.15, 0.2) is 42.6 Å². The van der Waals surface area contributed by atoms with E-state index in [2.05, 4.69) is 4.98 Å². The lowest BCUT2D eigenvalue weighted by Gasteiger charge is -2.07. The van der Waals surface area contributed by atoms with E-state index in [0.717, 1.165) is 5.69 Å². The average molecular weight is 245 g/mol. The van der Waals surface area contributed by atoms with Crippen LogP contribution in [0.1, 0.15) is 5.69 Å². The standard InChI is InChI=1S/C12H11N3O3/c13-11-7-10(15(16)17)4-5-12(11)18-8-9-3-1-2-6-14-9/h1-7H,8,13H2. The maximum atomic E-state index is 10.5. The van der Waals surface area contributed by atoms with E-state index < -0.39 is 4.92 Å². The molecule has 1 aromatic heterocycles. The maximum Gasteiger partial charge on any atom is 0.271 e. The number of nitro groups is 1. The fourth-order valence-corrected chi connectivity index (χ4v) is 1.42. The highest BCUT2D eigenvalue weighted by molar-refractivity contribution is 5.58. The topological polar surface area (TPSA) is 91.3 Å². The zero-order valence-electron chi connectivity index (χ0n) is 9.45. The lowest BCUT2D eigenvalue weighted by atomic mass is 10.2. The van der Waals surface area contributed by atoms with Gasteiger partial charge in [0, 0.05) is 18.3 Å². The van der Waals surface area contributed by atoms with Gasteiger partial charge < -0.3 is 10.5 Å². The lowest BCUT2D eigenvalue weighted by molar-refractivity contribution is -0.384. The van der Waals surface area contributed by atoms with Gasteiger partial charge in [0.05, 0.1) is 16.3 Å². The zero-order chi connectivity index (χ0) is 13.0. The number of benzene rings is 1. The molecule has 2 N–H and O–H groups in total. The van der Waals surface area contributed by atoms with Gasteiger partial charge in [0.15, 0.2) is 0 Å². The van der Waals surface area contributed by atoms with Gasteiger partial charge in [-0.3, -0.25) is 15.1 Å². The van der Waals surface area contributed by atoms with Crippen LogP contribution in [-0.2, 0) is 6.61 Å². The Kier molecular flexibility index (Phi) is 3.38. The van der Waals surface area contributed by atoms with Crippen LogP contribution in [-0.4, -0.2) is 9.91 Å². The Balaban J connectivity index is 2.08. The number of rotatable bonds is 4. The fraction of sp³-hybridized carbons (Fsp3) is 0.0833. The summed E-state index contributed by atoms with van der Waals surface area (Å²) in [6, 6.07) is 9.59. The van der Waals surface area contributed by atoms with Crippen molar-refractivity contribution in [1.82, 2.24) is 4.98 Å². The molecule has 0 radical (unpaired) electrons. The van der Waals surface area contributed by atoms with E-state index in [0.29, 0.717) is 5.75 Å². The largest absolute Gasteiger partial charge is 0.485 e. The third-order valence-corrected chi connectivity index (χ3v) is 2.31. The van der Waals surface area contributed by atoms with Gasteiger partial charge in [-0.15, -0.1) is 0 Å². The van der Waals surface area contributed by atoms with Crippen molar-refractivity contribution in [2.75, 3.05) is 5.73 Å². The highest BCUT2D eigenvalue weighted by Crippen LogP contribution is 2.26. The molecule has 0 saturated heterocycles. The Morgan fingerprint density at radius 3 is 2.78 bits per heavy atom. The minimum Gasteiger partial charge on any atom is -0.485 e. The van der Waals surface area contributed by atoms with Crippen molar-refractivity contribution in [3.63, 3.8) is 0 Å². The molecule has 1 heterocycles. The minimum absolute atomic E-state index is 0.0577. The average Bonchev–Trinajstić information content (AvgIpc) is 2.38. The van der Waals surface area contributed by atoms with Gasteiger partial charge >= 0.3 is 0 Å². The van der Waals surface area contributed by atoms with Crippen LogP contribution in [0.3, 0.4) is 0 Å². The van der Waals surface area contributed by atoms with Crippen molar-refractivity contribution in [2.45, 2.75) is 6.61 Å². The quantitative estimate of drug-likeness (QED) is 0.506.